The van der Waals surface area contributed by atoms with Gasteiger partial charge in [-0.05, 0) is 24.3 Å². The van der Waals surface area contributed by atoms with Gasteiger partial charge in [0.15, 0.2) is 0 Å². The van der Waals surface area contributed by atoms with Gasteiger partial charge in [-0.2, -0.15) is 0 Å². The first-order chi connectivity index (χ1) is 7.63. The number of ether oxygens (including phenoxy) is 1. The van der Waals surface area contributed by atoms with E-state index < -0.39 is 0 Å². The van der Waals surface area contributed by atoms with Gasteiger partial charge in [-0.3, -0.25) is 4.79 Å². The molecule has 0 aromatic heterocycles. The predicted molar refractivity (Wildman–Crippen MR) is 60.3 cm³/mol. The van der Waals surface area contributed by atoms with Crippen LogP contribution in [0.25, 0.3) is 0 Å². The normalized spacial score (nSPS) is 9.94. The van der Waals surface area contributed by atoms with Crippen LogP contribution in [0.15, 0.2) is 24.3 Å². The first kappa shape index (κ1) is 12.8. The zero-order chi connectivity index (χ0) is 12.0. The summed E-state index contributed by atoms with van der Waals surface area (Å²) in [5, 5.41) is 0. The van der Waals surface area contributed by atoms with Crippen molar-refractivity contribution in [2.75, 3.05) is 26.1 Å². The smallest absolute Gasteiger partial charge is 0.237 e. The van der Waals surface area contributed by atoms with Crippen molar-refractivity contribution < 1.29 is 13.9 Å². The summed E-state index contributed by atoms with van der Waals surface area (Å²) in [6, 6.07) is 5.73. The number of likely N-dealkylation sites (N-methyl/N-ethyl adjacent to an activating group) is 1. The van der Waals surface area contributed by atoms with Crippen LogP contribution in [0.3, 0.4) is 0 Å². The summed E-state index contributed by atoms with van der Waals surface area (Å²) < 4.78 is 17.9. The molecule has 0 unspecified atom stereocenters. The molecule has 0 bridgehead atoms. The fraction of sp³-hybridized carbons (Fsp3) is 0.364. The topological polar surface area (TPSA) is 29.5 Å². The minimum Gasteiger partial charge on any atom is -0.492 e. The molecule has 1 aromatic carbocycles. The molecule has 1 aromatic rings. The van der Waals surface area contributed by atoms with Crippen molar-refractivity contribution in [3.05, 3.63) is 30.1 Å². The standard InChI is InChI=1S/C11H13ClFNO2/c1-14(11(15)8-12)6-7-16-10-4-2-9(13)3-5-10/h2-5H,6-8H2,1H3. The zero-order valence-electron chi connectivity index (χ0n) is 8.95. The molecule has 0 radical (unpaired) electrons. The molecule has 1 rings (SSSR count). The Balaban J connectivity index is 2.30. The zero-order valence-corrected chi connectivity index (χ0v) is 9.71. The minimum atomic E-state index is -0.304. The van der Waals surface area contributed by atoms with Crippen LogP contribution in [0.4, 0.5) is 4.39 Å². The molecule has 5 heteroatoms. The van der Waals surface area contributed by atoms with Gasteiger partial charge < -0.3 is 9.64 Å². The van der Waals surface area contributed by atoms with Gasteiger partial charge in [-0.15, -0.1) is 11.6 Å². The molecule has 0 aliphatic carbocycles. The van der Waals surface area contributed by atoms with Crippen molar-refractivity contribution in [2.45, 2.75) is 0 Å². The number of amides is 1. The van der Waals surface area contributed by atoms with Crippen molar-refractivity contribution in [2.24, 2.45) is 0 Å². The van der Waals surface area contributed by atoms with Crippen LogP contribution < -0.4 is 4.74 Å². The summed E-state index contributed by atoms with van der Waals surface area (Å²) in [4.78, 5) is 12.6. The minimum absolute atomic E-state index is 0.0347. The Kier molecular flexibility index (Phi) is 5.05. The van der Waals surface area contributed by atoms with E-state index in [9.17, 15) is 9.18 Å². The number of benzene rings is 1. The maximum absolute atomic E-state index is 12.6. The lowest BCUT2D eigenvalue weighted by Gasteiger charge is -2.15. The van der Waals surface area contributed by atoms with Gasteiger partial charge in [0.05, 0.1) is 6.54 Å². The summed E-state index contributed by atoms with van der Waals surface area (Å²) in [5.41, 5.74) is 0. The van der Waals surface area contributed by atoms with Crippen LogP contribution in [0.1, 0.15) is 0 Å². The Morgan fingerprint density at radius 2 is 2.06 bits per heavy atom. The maximum atomic E-state index is 12.6. The van der Waals surface area contributed by atoms with Crippen LogP contribution in [0, 0.1) is 5.82 Å². The second-order valence-electron chi connectivity index (χ2n) is 3.25. The Bertz CT molecular complexity index is 342. The van der Waals surface area contributed by atoms with E-state index >= 15 is 0 Å². The maximum Gasteiger partial charge on any atom is 0.237 e. The molecule has 0 aliphatic heterocycles. The molecular weight excluding hydrogens is 233 g/mol. The van der Waals surface area contributed by atoms with E-state index in [1.807, 2.05) is 0 Å². The fourth-order valence-electron chi connectivity index (χ4n) is 1.06. The predicted octanol–water partition coefficient (Wildman–Crippen LogP) is 1.90. The highest BCUT2D eigenvalue weighted by molar-refractivity contribution is 6.27. The van der Waals surface area contributed by atoms with Crippen LogP contribution in [-0.4, -0.2) is 36.9 Å². The third-order valence-electron chi connectivity index (χ3n) is 2.05. The Morgan fingerprint density at radius 3 is 2.62 bits per heavy atom. The molecule has 0 heterocycles. The first-order valence-electron chi connectivity index (χ1n) is 4.82. The highest BCUT2D eigenvalue weighted by Gasteiger charge is 2.06. The average molecular weight is 246 g/mol. The fourth-order valence-corrected chi connectivity index (χ4v) is 1.26. The van der Waals surface area contributed by atoms with Crippen molar-refractivity contribution in [3.63, 3.8) is 0 Å². The molecule has 88 valence electrons. The van der Waals surface area contributed by atoms with Gasteiger partial charge in [0, 0.05) is 7.05 Å². The van der Waals surface area contributed by atoms with Crippen LogP contribution in [0.5, 0.6) is 5.75 Å². The molecule has 0 saturated carbocycles. The van der Waals surface area contributed by atoms with Gasteiger partial charge in [0.25, 0.3) is 0 Å². The Hall–Kier alpha value is -1.29. The van der Waals surface area contributed by atoms with E-state index in [-0.39, 0.29) is 17.6 Å². The third-order valence-corrected chi connectivity index (χ3v) is 2.28. The molecule has 0 spiro atoms. The molecule has 0 N–H and O–H groups in total. The van der Waals surface area contributed by atoms with Crippen molar-refractivity contribution in [3.8, 4) is 5.75 Å². The molecule has 1 amide bonds. The molecular formula is C11H13ClFNO2. The van der Waals surface area contributed by atoms with Gasteiger partial charge in [0.2, 0.25) is 5.91 Å². The summed E-state index contributed by atoms with van der Waals surface area (Å²) in [5.74, 6) is 0.0897. The molecule has 16 heavy (non-hydrogen) atoms. The SMILES string of the molecule is CN(CCOc1ccc(F)cc1)C(=O)CCl. The number of halogens is 2. The molecule has 3 nitrogen and oxygen atoms in total. The Labute approximate surface area is 98.8 Å². The number of alkyl halides is 1. The third kappa shape index (κ3) is 4.06. The molecule has 0 aliphatic rings. The van der Waals surface area contributed by atoms with E-state index in [0.717, 1.165) is 0 Å². The van der Waals surface area contributed by atoms with E-state index in [2.05, 4.69) is 0 Å². The van der Waals surface area contributed by atoms with Gasteiger partial charge in [-0.25, -0.2) is 4.39 Å². The first-order valence-corrected chi connectivity index (χ1v) is 5.35. The second kappa shape index (κ2) is 6.33. The van der Waals surface area contributed by atoms with Crippen molar-refractivity contribution in [1.29, 1.82) is 0 Å². The van der Waals surface area contributed by atoms with E-state index in [1.165, 1.54) is 17.0 Å². The highest BCUT2D eigenvalue weighted by atomic mass is 35.5. The van der Waals surface area contributed by atoms with Crippen molar-refractivity contribution in [1.82, 2.24) is 4.90 Å². The largest absolute Gasteiger partial charge is 0.492 e. The van der Waals surface area contributed by atoms with E-state index in [4.69, 9.17) is 16.3 Å². The summed E-state index contributed by atoms with van der Waals surface area (Å²) in [7, 11) is 1.65. The lowest BCUT2D eigenvalue weighted by molar-refractivity contribution is -0.127. The lowest BCUT2D eigenvalue weighted by atomic mass is 10.3. The second-order valence-corrected chi connectivity index (χ2v) is 3.52. The molecule has 0 atom stereocenters. The van der Waals surface area contributed by atoms with Crippen LogP contribution in [-0.2, 0) is 4.79 Å². The number of rotatable bonds is 5. The van der Waals surface area contributed by atoms with Gasteiger partial charge in [-0.1, -0.05) is 0 Å². The lowest BCUT2D eigenvalue weighted by Crippen LogP contribution is -2.31. The van der Waals surface area contributed by atoms with Gasteiger partial charge >= 0.3 is 0 Å². The number of carbonyl (C=O) groups excluding carboxylic acids is 1. The number of nitrogens with zero attached hydrogens (tertiary/aromatic N) is 1. The summed E-state index contributed by atoms with van der Waals surface area (Å²) in [6.45, 7) is 0.799. The Morgan fingerprint density at radius 1 is 1.44 bits per heavy atom. The highest BCUT2D eigenvalue weighted by Crippen LogP contribution is 2.10. The summed E-state index contributed by atoms with van der Waals surface area (Å²) >= 11 is 5.39. The molecule has 0 saturated heterocycles. The van der Waals surface area contributed by atoms with Crippen molar-refractivity contribution >= 4 is 17.5 Å². The van der Waals surface area contributed by atoms with Crippen LogP contribution in [0.2, 0.25) is 0 Å². The van der Waals surface area contributed by atoms with Gasteiger partial charge in [0.1, 0.15) is 24.1 Å². The van der Waals surface area contributed by atoms with E-state index in [0.29, 0.717) is 18.9 Å². The quantitative estimate of drug-likeness (QED) is 0.742. The van der Waals surface area contributed by atoms with Crippen LogP contribution >= 0.6 is 11.6 Å². The number of hydrogen-bond acceptors (Lipinski definition) is 2. The monoisotopic (exact) mass is 245 g/mol. The number of carbonyl (C=O) groups is 1. The average Bonchev–Trinajstić information content (AvgIpc) is 2.30. The van der Waals surface area contributed by atoms with E-state index in [1.54, 1.807) is 19.2 Å². The summed E-state index contributed by atoms with van der Waals surface area (Å²) in [6.07, 6.45) is 0. The number of hydrogen-bond donors (Lipinski definition) is 0. The molecule has 0 fully saturated rings.